The van der Waals surface area contributed by atoms with E-state index in [9.17, 15) is 0 Å². The van der Waals surface area contributed by atoms with Gasteiger partial charge in [-0.25, -0.2) is 0 Å². The summed E-state index contributed by atoms with van der Waals surface area (Å²) in [6, 6.07) is 6.67. The highest BCUT2D eigenvalue weighted by Crippen LogP contribution is 2.18. The Morgan fingerprint density at radius 3 is 3.00 bits per heavy atom. The molecule has 0 aliphatic heterocycles. The van der Waals surface area contributed by atoms with Crippen LogP contribution in [0.25, 0.3) is 0 Å². The number of aryl methyl sites for hydroxylation is 1. The Bertz CT molecular complexity index is 405. The third-order valence-corrected chi connectivity index (χ3v) is 3.38. The van der Waals surface area contributed by atoms with Crippen molar-refractivity contribution in [2.45, 2.75) is 19.5 Å². The molecule has 0 saturated heterocycles. The van der Waals surface area contributed by atoms with E-state index in [1.165, 1.54) is 4.88 Å². The van der Waals surface area contributed by atoms with Gasteiger partial charge in [0.05, 0.1) is 5.69 Å². The number of hydrogen-bond donors (Lipinski definition) is 1. The molecule has 0 radical (unpaired) electrons. The zero-order valence-corrected chi connectivity index (χ0v) is 9.79. The molecule has 1 atom stereocenters. The SMILES string of the molecule is CC(NCc1ccn(C)n1)c1cccs1. The lowest BCUT2D eigenvalue weighted by Gasteiger charge is -2.10. The molecule has 2 aromatic heterocycles. The van der Waals surface area contributed by atoms with Gasteiger partial charge in [0.1, 0.15) is 0 Å². The number of thiophene rings is 1. The highest BCUT2D eigenvalue weighted by Gasteiger charge is 2.05. The minimum Gasteiger partial charge on any atom is -0.304 e. The van der Waals surface area contributed by atoms with Crippen LogP contribution in [0.5, 0.6) is 0 Å². The van der Waals surface area contributed by atoms with Crippen LogP contribution in [0.1, 0.15) is 23.5 Å². The Hall–Kier alpha value is -1.13. The fourth-order valence-electron chi connectivity index (χ4n) is 1.45. The Morgan fingerprint density at radius 1 is 1.53 bits per heavy atom. The summed E-state index contributed by atoms with van der Waals surface area (Å²) >= 11 is 1.78. The molecule has 80 valence electrons. The molecule has 0 aromatic carbocycles. The van der Waals surface area contributed by atoms with Gasteiger partial charge in [0, 0.05) is 30.7 Å². The standard InChI is InChI=1S/C11H15N3S/c1-9(11-4-3-7-15-11)12-8-10-5-6-14(2)13-10/h3-7,9,12H,8H2,1-2H3. The average Bonchev–Trinajstić information content (AvgIpc) is 2.84. The molecule has 0 saturated carbocycles. The Balaban J connectivity index is 1.88. The number of aromatic nitrogens is 2. The normalized spacial score (nSPS) is 12.9. The largest absolute Gasteiger partial charge is 0.304 e. The van der Waals surface area contributed by atoms with Crippen LogP contribution < -0.4 is 5.32 Å². The molecule has 0 fully saturated rings. The first-order valence-corrected chi connectivity index (χ1v) is 5.89. The smallest absolute Gasteiger partial charge is 0.0762 e. The van der Waals surface area contributed by atoms with Gasteiger partial charge in [-0.3, -0.25) is 4.68 Å². The second-order valence-electron chi connectivity index (χ2n) is 3.60. The summed E-state index contributed by atoms with van der Waals surface area (Å²) < 4.78 is 1.83. The molecule has 2 rings (SSSR count). The van der Waals surface area contributed by atoms with E-state index >= 15 is 0 Å². The van der Waals surface area contributed by atoms with Gasteiger partial charge < -0.3 is 5.32 Å². The van der Waals surface area contributed by atoms with Crippen molar-refractivity contribution < 1.29 is 0 Å². The summed E-state index contributed by atoms with van der Waals surface area (Å²) in [5.41, 5.74) is 1.08. The summed E-state index contributed by atoms with van der Waals surface area (Å²) in [5.74, 6) is 0. The molecule has 0 aliphatic rings. The number of rotatable bonds is 4. The monoisotopic (exact) mass is 221 g/mol. The van der Waals surface area contributed by atoms with Gasteiger partial charge in [-0.15, -0.1) is 11.3 Å². The molecular weight excluding hydrogens is 206 g/mol. The van der Waals surface area contributed by atoms with E-state index < -0.39 is 0 Å². The van der Waals surface area contributed by atoms with Crippen LogP contribution in [0.15, 0.2) is 29.8 Å². The van der Waals surface area contributed by atoms with E-state index in [2.05, 4.69) is 34.9 Å². The fraction of sp³-hybridized carbons (Fsp3) is 0.364. The van der Waals surface area contributed by atoms with E-state index in [0.29, 0.717) is 6.04 Å². The van der Waals surface area contributed by atoms with Crippen LogP contribution in [0.4, 0.5) is 0 Å². The Labute approximate surface area is 93.7 Å². The first kappa shape index (κ1) is 10.4. The highest BCUT2D eigenvalue weighted by atomic mass is 32.1. The van der Waals surface area contributed by atoms with Gasteiger partial charge in [-0.1, -0.05) is 6.07 Å². The maximum Gasteiger partial charge on any atom is 0.0762 e. The lowest BCUT2D eigenvalue weighted by molar-refractivity contribution is 0.569. The fourth-order valence-corrected chi connectivity index (χ4v) is 2.21. The van der Waals surface area contributed by atoms with E-state index in [0.717, 1.165) is 12.2 Å². The predicted molar refractivity (Wildman–Crippen MR) is 62.8 cm³/mol. The molecule has 1 unspecified atom stereocenters. The molecule has 2 aromatic rings. The Kier molecular flexibility index (Phi) is 3.18. The van der Waals surface area contributed by atoms with Crippen molar-refractivity contribution in [3.05, 3.63) is 40.3 Å². The van der Waals surface area contributed by atoms with Gasteiger partial charge in [0.2, 0.25) is 0 Å². The van der Waals surface area contributed by atoms with Crippen molar-refractivity contribution in [1.29, 1.82) is 0 Å². The molecule has 0 aliphatic carbocycles. The van der Waals surface area contributed by atoms with Gasteiger partial charge in [-0.2, -0.15) is 5.10 Å². The summed E-state index contributed by atoms with van der Waals surface area (Å²) in [4.78, 5) is 1.37. The summed E-state index contributed by atoms with van der Waals surface area (Å²) in [6.07, 6.45) is 1.97. The van der Waals surface area contributed by atoms with Crippen LogP contribution in [-0.2, 0) is 13.6 Å². The van der Waals surface area contributed by atoms with E-state index in [4.69, 9.17) is 0 Å². The maximum absolute atomic E-state index is 4.32. The molecule has 0 amide bonds. The maximum atomic E-state index is 4.32. The number of nitrogens with one attached hydrogen (secondary N) is 1. The van der Waals surface area contributed by atoms with Crippen molar-refractivity contribution in [3.8, 4) is 0 Å². The van der Waals surface area contributed by atoms with Crippen LogP contribution in [0.2, 0.25) is 0 Å². The summed E-state index contributed by atoms with van der Waals surface area (Å²) in [7, 11) is 1.94. The molecule has 0 spiro atoms. The van der Waals surface area contributed by atoms with Crippen molar-refractivity contribution in [1.82, 2.24) is 15.1 Å². The van der Waals surface area contributed by atoms with E-state index in [1.54, 1.807) is 11.3 Å². The Morgan fingerprint density at radius 2 is 2.40 bits per heavy atom. The quantitative estimate of drug-likeness (QED) is 0.858. The second kappa shape index (κ2) is 4.59. The molecular formula is C11H15N3S. The van der Waals surface area contributed by atoms with Gasteiger partial charge >= 0.3 is 0 Å². The third kappa shape index (κ3) is 2.67. The average molecular weight is 221 g/mol. The molecule has 2 heterocycles. The molecule has 1 N–H and O–H groups in total. The number of nitrogens with zero attached hydrogens (tertiary/aromatic N) is 2. The summed E-state index contributed by atoms with van der Waals surface area (Å²) in [5, 5.41) is 9.88. The van der Waals surface area contributed by atoms with Crippen molar-refractivity contribution in [3.63, 3.8) is 0 Å². The first-order valence-electron chi connectivity index (χ1n) is 5.01. The van der Waals surface area contributed by atoms with Crippen LogP contribution in [0.3, 0.4) is 0 Å². The molecule has 3 nitrogen and oxygen atoms in total. The minimum absolute atomic E-state index is 0.395. The molecule has 4 heteroatoms. The molecule has 15 heavy (non-hydrogen) atoms. The third-order valence-electron chi connectivity index (χ3n) is 2.33. The second-order valence-corrected chi connectivity index (χ2v) is 4.58. The topological polar surface area (TPSA) is 29.9 Å². The van der Waals surface area contributed by atoms with Crippen LogP contribution in [0, 0.1) is 0 Å². The zero-order valence-electron chi connectivity index (χ0n) is 8.97. The number of hydrogen-bond acceptors (Lipinski definition) is 3. The molecule has 0 bridgehead atoms. The van der Waals surface area contributed by atoms with Crippen molar-refractivity contribution >= 4 is 11.3 Å². The van der Waals surface area contributed by atoms with Gasteiger partial charge in [0.15, 0.2) is 0 Å². The summed E-state index contributed by atoms with van der Waals surface area (Å²) in [6.45, 7) is 2.99. The lowest BCUT2D eigenvalue weighted by atomic mass is 10.2. The van der Waals surface area contributed by atoms with Crippen molar-refractivity contribution in [2.24, 2.45) is 7.05 Å². The minimum atomic E-state index is 0.395. The first-order chi connectivity index (χ1) is 7.25. The van der Waals surface area contributed by atoms with Gasteiger partial charge in [-0.05, 0) is 24.4 Å². The van der Waals surface area contributed by atoms with E-state index in [-0.39, 0.29) is 0 Å². The van der Waals surface area contributed by atoms with Crippen molar-refractivity contribution in [2.75, 3.05) is 0 Å². The zero-order chi connectivity index (χ0) is 10.7. The highest BCUT2D eigenvalue weighted by molar-refractivity contribution is 7.10. The lowest BCUT2D eigenvalue weighted by Crippen LogP contribution is -2.17. The van der Waals surface area contributed by atoms with E-state index in [1.807, 2.05) is 24.0 Å². The predicted octanol–water partition coefficient (Wildman–Crippen LogP) is 2.33. The van der Waals surface area contributed by atoms with Crippen LogP contribution in [-0.4, -0.2) is 9.78 Å². The van der Waals surface area contributed by atoms with Gasteiger partial charge in [0.25, 0.3) is 0 Å². The van der Waals surface area contributed by atoms with Crippen LogP contribution >= 0.6 is 11.3 Å².